The Bertz CT molecular complexity index is 755. The Hall–Kier alpha value is -1.92. The van der Waals surface area contributed by atoms with Gasteiger partial charge in [-0.2, -0.15) is 0 Å². The van der Waals surface area contributed by atoms with E-state index in [9.17, 15) is 9.59 Å². The minimum atomic E-state index is -0.212. The Balaban J connectivity index is 2.13. The molecule has 4 nitrogen and oxygen atoms in total. The fourth-order valence-corrected chi connectivity index (χ4v) is 4.13. The average Bonchev–Trinajstić information content (AvgIpc) is 2.97. The van der Waals surface area contributed by atoms with Crippen molar-refractivity contribution in [2.45, 2.75) is 13.3 Å². The van der Waals surface area contributed by atoms with Crippen molar-refractivity contribution < 1.29 is 9.59 Å². The van der Waals surface area contributed by atoms with Crippen molar-refractivity contribution in [2.75, 3.05) is 18.0 Å². The lowest BCUT2D eigenvalue weighted by Gasteiger charge is -2.15. The highest BCUT2D eigenvalue weighted by molar-refractivity contribution is 8.26. The summed E-state index contributed by atoms with van der Waals surface area (Å²) >= 11 is 6.47. The summed E-state index contributed by atoms with van der Waals surface area (Å²) in [6.45, 7) is 6.66. The van der Waals surface area contributed by atoms with Gasteiger partial charge in [-0.25, -0.2) is 0 Å². The molecule has 0 bridgehead atoms. The molecule has 118 valence electrons. The molecule has 0 spiro atoms. The molecule has 23 heavy (non-hydrogen) atoms. The summed E-state index contributed by atoms with van der Waals surface area (Å²) in [7, 11) is 0. The molecule has 0 N–H and O–H groups in total. The monoisotopic (exact) mass is 344 g/mol. The Morgan fingerprint density at radius 1 is 1.22 bits per heavy atom. The van der Waals surface area contributed by atoms with Crippen molar-refractivity contribution in [3.05, 3.63) is 47.4 Å². The third kappa shape index (κ3) is 2.52. The SMILES string of the molecule is C=CCN1C(=O)C(=C2C(=O)N(CCC)c3ccccc32)SC1=S. The molecule has 1 aromatic carbocycles. The Morgan fingerprint density at radius 2 is 1.96 bits per heavy atom. The molecule has 0 radical (unpaired) electrons. The zero-order valence-corrected chi connectivity index (χ0v) is 14.4. The van der Waals surface area contributed by atoms with E-state index in [1.807, 2.05) is 31.2 Å². The molecule has 2 amide bonds. The molecule has 0 atom stereocenters. The molecule has 1 saturated heterocycles. The van der Waals surface area contributed by atoms with Crippen LogP contribution >= 0.6 is 24.0 Å². The Kier molecular flexibility index (Phi) is 4.37. The quantitative estimate of drug-likeness (QED) is 0.478. The van der Waals surface area contributed by atoms with Crippen LogP contribution in [-0.2, 0) is 9.59 Å². The van der Waals surface area contributed by atoms with Gasteiger partial charge in [-0.05, 0) is 12.5 Å². The van der Waals surface area contributed by atoms with Gasteiger partial charge in [0, 0.05) is 18.7 Å². The van der Waals surface area contributed by atoms with Crippen LogP contribution in [0.25, 0.3) is 5.57 Å². The molecule has 6 heteroatoms. The largest absolute Gasteiger partial charge is 0.308 e. The first kappa shape index (κ1) is 16.0. The van der Waals surface area contributed by atoms with Crippen molar-refractivity contribution >= 4 is 51.4 Å². The van der Waals surface area contributed by atoms with Gasteiger partial charge in [0.2, 0.25) is 0 Å². The van der Waals surface area contributed by atoms with Crippen LogP contribution in [0.15, 0.2) is 41.8 Å². The fourth-order valence-electron chi connectivity index (χ4n) is 2.78. The van der Waals surface area contributed by atoms with Gasteiger partial charge in [0.25, 0.3) is 11.8 Å². The summed E-state index contributed by atoms with van der Waals surface area (Å²) in [5.41, 5.74) is 2.14. The summed E-state index contributed by atoms with van der Waals surface area (Å²) in [6, 6.07) is 7.59. The number of thioether (sulfide) groups is 1. The van der Waals surface area contributed by atoms with Gasteiger partial charge >= 0.3 is 0 Å². The molecule has 2 heterocycles. The lowest BCUT2D eigenvalue weighted by atomic mass is 10.1. The van der Waals surface area contributed by atoms with Crippen LogP contribution in [0.5, 0.6) is 0 Å². The predicted molar refractivity (Wildman–Crippen MR) is 98.1 cm³/mol. The van der Waals surface area contributed by atoms with Gasteiger partial charge in [-0.15, -0.1) is 6.58 Å². The van der Waals surface area contributed by atoms with E-state index in [1.54, 1.807) is 11.0 Å². The number of hydrogen-bond acceptors (Lipinski definition) is 4. The number of rotatable bonds is 4. The van der Waals surface area contributed by atoms with E-state index >= 15 is 0 Å². The summed E-state index contributed by atoms with van der Waals surface area (Å²) < 4.78 is 0.469. The molecule has 1 fully saturated rings. The Labute approximate surface area is 144 Å². The third-order valence-electron chi connectivity index (χ3n) is 3.76. The number of anilines is 1. The van der Waals surface area contributed by atoms with Crippen LogP contribution in [0, 0.1) is 0 Å². The van der Waals surface area contributed by atoms with Gasteiger partial charge in [0.1, 0.15) is 4.32 Å². The van der Waals surface area contributed by atoms with Crippen molar-refractivity contribution in [3.63, 3.8) is 0 Å². The first-order valence-electron chi connectivity index (χ1n) is 7.40. The van der Waals surface area contributed by atoms with Crippen LogP contribution in [0.2, 0.25) is 0 Å². The molecule has 2 aliphatic heterocycles. The number of fused-ring (bicyclic) bond motifs is 1. The van der Waals surface area contributed by atoms with Gasteiger partial charge in [-0.3, -0.25) is 14.5 Å². The first-order valence-corrected chi connectivity index (χ1v) is 8.62. The smallest absolute Gasteiger partial charge is 0.267 e. The van der Waals surface area contributed by atoms with E-state index in [0.29, 0.717) is 27.9 Å². The molecule has 2 aliphatic rings. The van der Waals surface area contributed by atoms with Crippen LogP contribution in [0.3, 0.4) is 0 Å². The molecule has 0 unspecified atom stereocenters. The zero-order valence-electron chi connectivity index (χ0n) is 12.7. The topological polar surface area (TPSA) is 40.6 Å². The second-order valence-corrected chi connectivity index (χ2v) is 6.89. The normalized spacial score (nSPS) is 20.5. The maximum atomic E-state index is 12.9. The molecular weight excluding hydrogens is 328 g/mol. The van der Waals surface area contributed by atoms with Gasteiger partial charge in [0.05, 0.1) is 16.2 Å². The first-order chi connectivity index (χ1) is 11.1. The Morgan fingerprint density at radius 3 is 2.65 bits per heavy atom. The number of carbonyl (C=O) groups excluding carboxylic acids is 2. The van der Waals surface area contributed by atoms with Crippen LogP contribution < -0.4 is 4.90 Å². The molecular formula is C17H16N2O2S2. The average molecular weight is 344 g/mol. The lowest BCUT2D eigenvalue weighted by Crippen LogP contribution is -2.29. The van der Waals surface area contributed by atoms with Gasteiger partial charge in [0.15, 0.2) is 0 Å². The number of carbonyl (C=O) groups is 2. The summed E-state index contributed by atoms with van der Waals surface area (Å²) in [4.78, 5) is 29.2. The highest BCUT2D eigenvalue weighted by Gasteiger charge is 2.41. The van der Waals surface area contributed by atoms with Crippen molar-refractivity contribution in [2.24, 2.45) is 0 Å². The second-order valence-electron chi connectivity index (χ2n) is 5.25. The van der Waals surface area contributed by atoms with Crippen LogP contribution in [0.1, 0.15) is 18.9 Å². The number of thiocarbonyl (C=S) groups is 1. The number of nitrogens with zero attached hydrogens (tertiary/aromatic N) is 2. The standard InChI is InChI=1S/C17H16N2O2S2/c1-3-9-18-12-8-6-5-7-11(12)13(15(18)20)14-16(21)19(10-4-2)17(22)23-14/h4-8H,2-3,9-10H2,1H3. The van der Waals surface area contributed by atoms with E-state index in [-0.39, 0.29) is 11.8 Å². The summed E-state index contributed by atoms with van der Waals surface area (Å²) in [5, 5.41) is 0. The maximum Gasteiger partial charge on any atom is 0.267 e. The van der Waals surface area contributed by atoms with Gasteiger partial charge in [-0.1, -0.05) is 55.2 Å². The van der Waals surface area contributed by atoms with E-state index in [1.165, 1.54) is 16.7 Å². The number of amides is 2. The molecule has 0 aliphatic carbocycles. The van der Waals surface area contributed by atoms with Crippen LogP contribution in [0.4, 0.5) is 5.69 Å². The minimum Gasteiger partial charge on any atom is -0.308 e. The van der Waals surface area contributed by atoms with Crippen molar-refractivity contribution in [3.8, 4) is 0 Å². The van der Waals surface area contributed by atoms with Gasteiger partial charge < -0.3 is 4.90 Å². The van der Waals surface area contributed by atoms with E-state index < -0.39 is 0 Å². The second kappa shape index (κ2) is 6.29. The fraction of sp³-hybridized carbons (Fsp3) is 0.235. The number of benzene rings is 1. The minimum absolute atomic E-state index is 0.118. The molecule has 3 rings (SSSR count). The summed E-state index contributed by atoms with van der Waals surface area (Å²) in [5.74, 6) is -0.330. The summed E-state index contributed by atoms with van der Waals surface area (Å²) in [6.07, 6.45) is 2.48. The van der Waals surface area contributed by atoms with Crippen LogP contribution in [-0.4, -0.2) is 34.1 Å². The lowest BCUT2D eigenvalue weighted by molar-refractivity contribution is -0.122. The molecule has 0 saturated carbocycles. The third-order valence-corrected chi connectivity index (χ3v) is 5.21. The zero-order chi connectivity index (χ0) is 16.6. The highest BCUT2D eigenvalue weighted by atomic mass is 32.2. The predicted octanol–water partition coefficient (Wildman–Crippen LogP) is 3.20. The maximum absolute atomic E-state index is 12.9. The van der Waals surface area contributed by atoms with Crippen molar-refractivity contribution in [1.29, 1.82) is 0 Å². The molecule has 1 aromatic rings. The number of hydrogen-bond donors (Lipinski definition) is 0. The number of para-hydroxylation sites is 1. The highest BCUT2D eigenvalue weighted by Crippen LogP contribution is 2.44. The van der Waals surface area contributed by atoms with Crippen molar-refractivity contribution in [1.82, 2.24) is 4.90 Å². The van der Waals surface area contributed by atoms with E-state index in [2.05, 4.69) is 6.58 Å². The molecule has 0 aromatic heterocycles. The van der Waals surface area contributed by atoms with E-state index in [0.717, 1.165) is 17.7 Å². The van der Waals surface area contributed by atoms with E-state index in [4.69, 9.17) is 12.2 Å².